The number of aromatic nitrogens is 2. The van der Waals surface area contributed by atoms with Gasteiger partial charge in [-0.2, -0.15) is 5.10 Å². The Kier molecular flexibility index (Phi) is 5.00. The van der Waals surface area contributed by atoms with Gasteiger partial charge in [-0.15, -0.1) is 0 Å². The fraction of sp³-hybridized carbons (Fsp3) is 0.474. The number of benzene rings is 1. The lowest BCUT2D eigenvalue weighted by Gasteiger charge is -2.23. The largest absolute Gasteiger partial charge is 0.337 e. The first-order valence-corrected chi connectivity index (χ1v) is 8.68. The maximum Gasteiger partial charge on any atom is 0.253 e. The van der Waals surface area contributed by atoms with Crippen molar-refractivity contribution in [1.29, 1.82) is 0 Å². The Bertz CT molecular complexity index is 722. The van der Waals surface area contributed by atoms with Gasteiger partial charge < -0.3 is 10.6 Å². The van der Waals surface area contributed by atoms with Crippen molar-refractivity contribution in [2.24, 2.45) is 5.73 Å². The van der Waals surface area contributed by atoms with Crippen LogP contribution in [0.2, 0.25) is 0 Å². The fourth-order valence-corrected chi connectivity index (χ4v) is 3.35. The van der Waals surface area contributed by atoms with Gasteiger partial charge in [-0.1, -0.05) is 18.6 Å². The number of likely N-dealkylation sites (tertiary alicyclic amines) is 1. The molecule has 1 aliphatic heterocycles. The minimum atomic E-state index is 0.0857. The van der Waals surface area contributed by atoms with E-state index in [4.69, 9.17) is 5.73 Å². The second-order valence-corrected chi connectivity index (χ2v) is 6.79. The Hall–Kier alpha value is -2.14. The zero-order chi connectivity index (χ0) is 17.1. The fourth-order valence-electron chi connectivity index (χ4n) is 3.35. The molecule has 1 fully saturated rings. The van der Waals surface area contributed by atoms with E-state index in [9.17, 15) is 4.79 Å². The van der Waals surface area contributed by atoms with E-state index in [1.165, 1.54) is 0 Å². The van der Waals surface area contributed by atoms with Crippen LogP contribution in [-0.4, -0.2) is 39.7 Å². The number of amides is 1. The SMILES string of the molecule is Cc1cc(C)n(Cc2cccc(C(=O)N3CCCC[C@H](N)C3)c2)n1. The number of nitrogens with two attached hydrogens (primary N) is 1. The van der Waals surface area contributed by atoms with Gasteiger partial charge in [0.25, 0.3) is 5.91 Å². The topological polar surface area (TPSA) is 64.2 Å². The normalized spacial score (nSPS) is 18.5. The molecule has 1 amide bonds. The molecule has 1 atom stereocenters. The van der Waals surface area contributed by atoms with Crippen molar-refractivity contribution in [2.75, 3.05) is 13.1 Å². The first kappa shape index (κ1) is 16.7. The zero-order valence-corrected chi connectivity index (χ0v) is 14.5. The highest BCUT2D eigenvalue weighted by Crippen LogP contribution is 2.15. The number of aryl methyl sites for hydroxylation is 2. The molecular weight excluding hydrogens is 300 g/mol. The molecule has 0 spiro atoms. The Morgan fingerprint density at radius 2 is 2.12 bits per heavy atom. The lowest BCUT2D eigenvalue weighted by atomic mass is 10.1. The van der Waals surface area contributed by atoms with Crippen molar-refractivity contribution in [3.8, 4) is 0 Å². The highest BCUT2D eigenvalue weighted by Gasteiger charge is 2.21. The molecule has 5 heteroatoms. The summed E-state index contributed by atoms with van der Waals surface area (Å²) in [4.78, 5) is 14.7. The van der Waals surface area contributed by atoms with Crippen LogP contribution < -0.4 is 5.73 Å². The van der Waals surface area contributed by atoms with Crippen molar-refractivity contribution in [3.05, 3.63) is 52.8 Å². The third-order valence-electron chi connectivity index (χ3n) is 4.60. The zero-order valence-electron chi connectivity index (χ0n) is 14.5. The minimum Gasteiger partial charge on any atom is -0.337 e. The van der Waals surface area contributed by atoms with E-state index in [2.05, 4.69) is 11.2 Å². The molecule has 0 radical (unpaired) electrons. The van der Waals surface area contributed by atoms with Crippen LogP contribution >= 0.6 is 0 Å². The van der Waals surface area contributed by atoms with Gasteiger partial charge in [-0.25, -0.2) is 0 Å². The number of carbonyl (C=O) groups excluding carboxylic acids is 1. The highest BCUT2D eigenvalue weighted by molar-refractivity contribution is 5.94. The molecule has 1 aromatic carbocycles. The molecule has 0 aliphatic carbocycles. The molecule has 2 aromatic rings. The van der Waals surface area contributed by atoms with Crippen LogP contribution in [-0.2, 0) is 6.54 Å². The maximum atomic E-state index is 12.8. The minimum absolute atomic E-state index is 0.0857. The Labute approximate surface area is 143 Å². The van der Waals surface area contributed by atoms with E-state index in [0.29, 0.717) is 13.1 Å². The first-order valence-electron chi connectivity index (χ1n) is 8.68. The number of carbonyl (C=O) groups is 1. The summed E-state index contributed by atoms with van der Waals surface area (Å²) in [5.74, 6) is 0.0857. The van der Waals surface area contributed by atoms with Crippen molar-refractivity contribution in [2.45, 2.75) is 45.7 Å². The first-order chi connectivity index (χ1) is 11.5. The van der Waals surface area contributed by atoms with E-state index in [0.717, 1.165) is 48.3 Å². The molecule has 5 nitrogen and oxygen atoms in total. The number of hydrogen-bond acceptors (Lipinski definition) is 3. The molecule has 2 N–H and O–H groups in total. The van der Waals surface area contributed by atoms with Crippen LogP contribution in [0.25, 0.3) is 0 Å². The Morgan fingerprint density at radius 1 is 1.29 bits per heavy atom. The van der Waals surface area contributed by atoms with Crippen LogP contribution in [0, 0.1) is 13.8 Å². The molecule has 1 aliphatic rings. The summed E-state index contributed by atoms with van der Waals surface area (Å²) in [5, 5.41) is 4.50. The van der Waals surface area contributed by atoms with Gasteiger partial charge in [-0.3, -0.25) is 9.48 Å². The summed E-state index contributed by atoms with van der Waals surface area (Å²) < 4.78 is 1.97. The van der Waals surface area contributed by atoms with E-state index in [1.807, 2.05) is 47.7 Å². The van der Waals surface area contributed by atoms with E-state index in [1.54, 1.807) is 0 Å². The maximum absolute atomic E-state index is 12.8. The van der Waals surface area contributed by atoms with Crippen molar-refractivity contribution in [1.82, 2.24) is 14.7 Å². The van der Waals surface area contributed by atoms with Crippen LogP contribution in [0.15, 0.2) is 30.3 Å². The van der Waals surface area contributed by atoms with Gasteiger partial charge >= 0.3 is 0 Å². The van der Waals surface area contributed by atoms with Crippen LogP contribution in [0.5, 0.6) is 0 Å². The second kappa shape index (κ2) is 7.18. The van der Waals surface area contributed by atoms with Crippen molar-refractivity contribution >= 4 is 5.91 Å². The Morgan fingerprint density at radius 3 is 2.88 bits per heavy atom. The van der Waals surface area contributed by atoms with Crippen molar-refractivity contribution < 1.29 is 4.79 Å². The quantitative estimate of drug-likeness (QED) is 0.942. The molecule has 1 saturated heterocycles. The summed E-state index contributed by atoms with van der Waals surface area (Å²) in [5.41, 5.74) is 10.1. The monoisotopic (exact) mass is 326 g/mol. The average molecular weight is 326 g/mol. The summed E-state index contributed by atoms with van der Waals surface area (Å²) in [6.45, 7) is 6.18. The third-order valence-corrected chi connectivity index (χ3v) is 4.60. The lowest BCUT2D eigenvalue weighted by molar-refractivity contribution is 0.0755. The summed E-state index contributed by atoms with van der Waals surface area (Å²) >= 11 is 0. The van der Waals surface area contributed by atoms with Gasteiger partial charge in [0.05, 0.1) is 12.2 Å². The van der Waals surface area contributed by atoms with Gasteiger partial charge in [0.1, 0.15) is 0 Å². The summed E-state index contributed by atoms with van der Waals surface area (Å²) in [7, 11) is 0. The molecule has 3 rings (SSSR count). The molecule has 24 heavy (non-hydrogen) atoms. The summed E-state index contributed by atoms with van der Waals surface area (Å²) in [6.07, 6.45) is 3.13. The third kappa shape index (κ3) is 3.85. The molecule has 128 valence electrons. The van der Waals surface area contributed by atoms with Crippen molar-refractivity contribution in [3.63, 3.8) is 0 Å². The molecule has 0 unspecified atom stereocenters. The molecule has 0 bridgehead atoms. The smallest absolute Gasteiger partial charge is 0.253 e. The predicted octanol–water partition coefficient (Wildman–Crippen LogP) is 2.50. The second-order valence-electron chi connectivity index (χ2n) is 6.79. The molecular formula is C19H26N4O. The van der Waals surface area contributed by atoms with Crippen LogP contribution in [0.3, 0.4) is 0 Å². The molecule has 0 saturated carbocycles. The number of nitrogens with zero attached hydrogens (tertiary/aromatic N) is 3. The highest BCUT2D eigenvalue weighted by atomic mass is 16.2. The lowest BCUT2D eigenvalue weighted by Crippen LogP contribution is -2.39. The van der Waals surface area contributed by atoms with Gasteiger partial charge in [0, 0.05) is 30.4 Å². The summed E-state index contributed by atoms with van der Waals surface area (Å²) in [6, 6.07) is 10.0. The molecule has 1 aromatic heterocycles. The van der Waals surface area contributed by atoms with Gasteiger partial charge in [0.15, 0.2) is 0 Å². The number of rotatable bonds is 3. The van der Waals surface area contributed by atoms with E-state index in [-0.39, 0.29) is 11.9 Å². The molecule has 2 heterocycles. The number of hydrogen-bond donors (Lipinski definition) is 1. The van der Waals surface area contributed by atoms with Crippen LogP contribution in [0.1, 0.15) is 46.6 Å². The van der Waals surface area contributed by atoms with E-state index >= 15 is 0 Å². The predicted molar refractivity (Wildman–Crippen MR) is 95.0 cm³/mol. The average Bonchev–Trinajstić information content (AvgIpc) is 2.74. The Balaban J connectivity index is 1.77. The van der Waals surface area contributed by atoms with E-state index < -0.39 is 0 Å². The van der Waals surface area contributed by atoms with Gasteiger partial charge in [0.2, 0.25) is 0 Å². The van der Waals surface area contributed by atoms with Crippen LogP contribution in [0.4, 0.5) is 0 Å². The van der Waals surface area contributed by atoms with Gasteiger partial charge in [-0.05, 0) is 50.5 Å². The standard InChI is InChI=1S/C19H26N4O/c1-14-10-15(2)23(21-14)12-16-6-5-7-17(11-16)19(24)22-9-4-3-8-18(20)13-22/h5-7,10-11,18H,3-4,8-9,12-13,20H2,1-2H3/t18-/m0/s1.